The highest BCUT2D eigenvalue weighted by molar-refractivity contribution is 6.34. The Hall–Kier alpha value is -1.84. The molecule has 1 saturated heterocycles. The molecule has 4 heteroatoms. The lowest BCUT2D eigenvalue weighted by Crippen LogP contribution is -2.18. The van der Waals surface area contributed by atoms with Crippen LogP contribution in [0.5, 0.6) is 0 Å². The Morgan fingerprint density at radius 3 is 2.64 bits per heavy atom. The fraction of sp³-hybridized carbons (Fsp3) is 0.278. The first kappa shape index (κ1) is 15.1. The predicted molar refractivity (Wildman–Crippen MR) is 91.9 cm³/mol. The van der Waals surface area contributed by atoms with Crippen LogP contribution in [0.3, 0.4) is 0 Å². The fourth-order valence-corrected chi connectivity index (χ4v) is 2.65. The molecule has 1 aliphatic rings. The van der Waals surface area contributed by atoms with Gasteiger partial charge in [0.2, 0.25) is 0 Å². The molecule has 0 amide bonds. The standard InChI is InChI=1S/C18H19ClN2O/c19-16-10-4-5-11-17(16)21-18(14-7-2-1-3-8-14)20-13-15-9-6-12-22-15/h1-5,7-8,10-11,15H,6,9,12-13H2,(H,20,21). The van der Waals surface area contributed by atoms with Gasteiger partial charge in [-0.3, -0.25) is 4.99 Å². The largest absolute Gasteiger partial charge is 0.376 e. The van der Waals surface area contributed by atoms with Crippen LogP contribution in [0.1, 0.15) is 18.4 Å². The topological polar surface area (TPSA) is 33.6 Å². The second-order valence-corrected chi connectivity index (χ2v) is 5.70. The van der Waals surface area contributed by atoms with Crippen LogP contribution in [0.15, 0.2) is 59.6 Å². The molecular weight excluding hydrogens is 296 g/mol. The van der Waals surface area contributed by atoms with E-state index in [-0.39, 0.29) is 6.10 Å². The number of anilines is 1. The average Bonchev–Trinajstić information content (AvgIpc) is 3.07. The third-order valence-electron chi connectivity index (χ3n) is 3.65. The quantitative estimate of drug-likeness (QED) is 0.671. The summed E-state index contributed by atoms with van der Waals surface area (Å²) < 4.78 is 5.65. The maximum absolute atomic E-state index is 6.24. The van der Waals surface area contributed by atoms with Crippen molar-refractivity contribution in [2.24, 2.45) is 4.99 Å². The number of hydrogen-bond donors (Lipinski definition) is 1. The van der Waals surface area contributed by atoms with Gasteiger partial charge in [-0.2, -0.15) is 0 Å². The first-order valence-corrected chi connectivity index (χ1v) is 7.94. The summed E-state index contributed by atoms with van der Waals surface area (Å²) in [4.78, 5) is 4.73. The Balaban J connectivity index is 1.82. The van der Waals surface area contributed by atoms with Gasteiger partial charge in [-0.15, -0.1) is 0 Å². The van der Waals surface area contributed by atoms with Gasteiger partial charge in [0.25, 0.3) is 0 Å². The van der Waals surface area contributed by atoms with Crippen molar-refractivity contribution in [3.8, 4) is 0 Å². The van der Waals surface area contributed by atoms with E-state index in [0.29, 0.717) is 11.6 Å². The highest BCUT2D eigenvalue weighted by Gasteiger charge is 2.15. The van der Waals surface area contributed by atoms with Crippen molar-refractivity contribution in [3.05, 3.63) is 65.2 Å². The lowest BCUT2D eigenvalue weighted by Gasteiger charge is -2.13. The third kappa shape index (κ3) is 3.87. The van der Waals surface area contributed by atoms with Crippen molar-refractivity contribution in [1.29, 1.82) is 0 Å². The Morgan fingerprint density at radius 2 is 1.91 bits per heavy atom. The molecule has 1 N–H and O–H groups in total. The Morgan fingerprint density at radius 1 is 1.14 bits per heavy atom. The molecule has 1 unspecified atom stereocenters. The van der Waals surface area contributed by atoms with Gasteiger partial charge < -0.3 is 10.1 Å². The van der Waals surface area contributed by atoms with Gasteiger partial charge in [-0.1, -0.05) is 54.1 Å². The summed E-state index contributed by atoms with van der Waals surface area (Å²) in [5.41, 5.74) is 1.90. The van der Waals surface area contributed by atoms with Crippen LogP contribution in [0.25, 0.3) is 0 Å². The van der Waals surface area contributed by atoms with Crippen LogP contribution in [0.4, 0.5) is 5.69 Å². The summed E-state index contributed by atoms with van der Waals surface area (Å²) in [6.07, 6.45) is 2.43. The highest BCUT2D eigenvalue weighted by atomic mass is 35.5. The van der Waals surface area contributed by atoms with Crippen molar-refractivity contribution in [1.82, 2.24) is 0 Å². The number of rotatable bonds is 4. The van der Waals surface area contributed by atoms with Gasteiger partial charge in [0.1, 0.15) is 5.84 Å². The van der Waals surface area contributed by atoms with Crippen LogP contribution in [0, 0.1) is 0 Å². The first-order valence-electron chi connectivity index (χ1n) is 7.56. The van der Waals surface area contributed by atoms with Crippen LogP contribution in [-0.4, -0.2) is 25.1 Å². The van der Waals surface area contributed by atoms with Crippen molar-refractivity contribution in [3.63, 3.8) is 0 Å². The molecule has 1 atom stereocenters. The summed E-state index contributed by atoms with van der Waals surface area (Å²) in [6, 6.07) is 17.8. The third-order valence-corrected chi connectivity index (χ3v) is 3.98. The van der Waals surface area contributed by atoms with E-state index in [4.69, 9.17) is 21.3 Å². The molecule has 2 aromatic rings. The zero-order valence-corrected chi connectivity index (χ0v) is 13.1. The molecule has 1 heterocycles. The van der Waals surface area contributed by atoms with Crippen molar-refractivity contribution in [2.75, 3.05) is 18.5 Å². The van der Waals surface area contributed by atoms with Crippen LogP contribution >= 0.6 is 11.6 Å². The number of benzene rings is 2. The Labute approximate surface area is 136 Å². The summed E-state index contributed by atoms with van der Waals surface area (Å²) >= 11 is 6.24. The van der Waals surface area contributed by atoms with Gasteiger partial charge in [0.15, 0.2) is 0 Å². The minimum atomic E-state index is 0.228. The first-order chi connectivity index (χ1) is 10.8. The molecule has 114 valence electrons. The van der Waals surface area contributed by atoms with E-state index < -0.39 is 0 Å². The molecule has 0 bridgehead atoms. The predicted octanol–water partition coefficient (Wildman–Crippen LogP) is 4.38. The van der Waals surface area contributed by atoms with E-state index in [0.717, 1.165) is 36.5 Å². The summed E-state index contributed by atoms with van der Waals surface area (Å²) in [5, 5.41) is 4.03. The van der Waals surface area contributed by atoms with E-state index >= 15 is 0 Å². The SMILES string of the molecule is Clc1ccccc1NC(=NCC1CCCO1)c1ccccc1. The summed E-state index contributed by atoms with van der Waals surface area (Å²) in [6.45, 7) is 1.51. The molecule has 0 saturated carbocycles. The zero-order chi connectivity index (χ0) is 15.2. The lowest BCUT2D eigenvalue weighted by atomic mass is 10.2. The molecule has 0 radical (unpaired) electrons. The summed E-state index contributed by atoms with van der Waals surface area (Å²) in [7, 11) is 0. The average molecular weight is 315 g/mol. The summed E-state index contributed by atoms with van der Waals surface area (Å²) in [5.74, 6) is 0.823. The van der Waals surface area contributed by atoms with Gasteiger partial charge in [-0.05, 0) is 25.0 Å². The maximum atomic E-state index is 6.24. The molecule has 2 aromatic carbocycles. The second kappa shape index (κ2) is 7.43. The Bertz CT molecular complexity index is 637. The lowest BCUT2D eigenvalue weighted by molar-refractivity contribution is 0.118. The van der Waals surface area contributed by atoms with Gasteiger partial charge in [-0.25, -0.2) is 0 Å². The highest BCUT2D eigenvalue weighted by Crippen LogP contribution is 2.21. The molecule has 0 aromatic heterocycles. The molecule has 1 fully saturated rings. The van der Waals surface area contributed by atoms with Crippen LogP contribution in [0.2, 0.25) is 5.02 Å². The number of amidine groups is 1. The van der Waals surface area contributed by atoms with E-state index in [1.54, 1.807) is 0 Å². The van der Waals surface area contributed by atoms with Crippen molar-refractivity contribution >= 4 is 23.1 Å². The Kier molecular flexibility index (Phi) is 5.09. The van der Waals surface area contributed by atoms with Crippen LogP contribution < -0.4 is 5.32 Å². The maximum Gasteiger partial charge on any atom is 0.132 e. The van der Waals surface area contributed by atoms with Gasteiger partial charge >= 0.3 is 0 Å². The number of aliphatic imine (C=N–C) groups is 1. The minimum Gasteiger partial charge on any atom is -0.376 e. The minimum absolute atomic E-state index is 0.228. The van der Waals surface area contributed by atoms with Crippen LogP contribution in [-0.2, 0) is 4.74 Å². The van der Waals surface area contributed by atoms with Crippen molar-refractivity contribution in [2.45, 2.75) is 18.9 Å². The molecular formula is C18H19ClN2O. The normalized spacial score (nSPS) is 18.4. The number of nitrogens with one attached hydrogen (secondary N) is 1. The molecule has 3 nitrogen and oxygen atoms in total. The monoisotopic (exact) mass is 314 g/mol. The van der Waals surface area contributed by atoms with Crippen molar-refractivity contribution < 1.29 is 4.74 Å². The van der Waals surface area contributed by atoms with E-state index in [9.17, 15) is 0 Å². The number of halogens is 1. The van der Waals surface area contributed by atoms with E-state index in [1.165, 1.54) is 0 Å². The smallest absolute Gasteiger partial charge is 0.132 e. The molecule has 1 aliphatic heterocycles. The molecule has 3 rings (SSSR count). The van der Waals surface area contributed by atoms with E-state index in [2.05, 4.69) is 5.32 Å². The molecule has 0 aliphatic carbocycles. The van der Waals surface area contributed by atoms with Gasteiger partial charge in [0, 0.05) is 12.2 Å². The van der Waals surface area contributed by atoms with Gasteiger partial charge in [0.05, 0.1) is 23.4 Å². The van der Waals surface area contributed by atoms with E-state index in [1.807, 2.05) is 54.6 Å². The second-order valence-electron chi connectivity index (χ2n) is 5.30. The molecule has 22 heavy (non-hydrogen) atoms. The number of hydrogen-bond acceptors (Lipinski definition) is 2. The number of para-hydroxylation sites is 1. The zero-order valence-electron chi connectivity index (χ0n) is 12.3. The number of nitrogens with zero attached hydrogens (tertiary/aromatic N) is 1. The molecule has 0 spiro atoms. The fourth-order valence-electron chi connectivity index (χ4n) is 2.47. The number of ether oxygens (including phenoxy) is 1.